The van der Waals surface area contributed by atoms with E-state index in [4.69, 9.17) is 9.84 Å². The van der Waals surface area contributed by atoms with Gasteiger partial charge in [0.15, 0.2) is 5.12 Å². The summed E-state index contributed by atoms with van der Waals surface area (Å²) < 4.78 is 42.6. The highest BCUT2D eigenvalue weighted by Gasteiger charge is 2.30. The van der Waals surface area contributed by atoms with Gasteiger partial charge >= 0.3 is 12.1 Å². The predicted octanol–water partition coefficient (Wildman–Crippen LogP) is 3.06. The number of benzene rings is 1. The molecule has 1 unspecified atom stereocenters. The van der Waals surface area contributed by atoms with Crippen LogP contribution in [-0.4, -0.2) is 28.6 Å². The van der Waals surface area contributed by atoms with Crippen molar-refractivity contribution in [3.63, 3.8) is 0 Å². The fraction of sp³-hybridized carbons (Fsp3) is 0.385. The monoisotopic (exact) mass is 322 g/mol. The lowest BCUT2D eigenvalue weighted by molar-refractivity contribution is -0.142. The lowest BCUT2D eigenvalue weighted by Gasteiger charge is -2.14. The zero-order valence-corrected chi connectivity index (χ0v) is 11.8. The zero-order valence-electron chi connectivity index (χ0n) is 11.0. The van der Waals surface area contributed by atoms with Crippen LogP contribution in [0.15, 0.2) is 24.3 Å². The van der Waals surface area contributed by atoms with Crippen LogP contribution in [0, 0.1) is 5.92 Å². The molecule has 1 aromatic carbocycles. The third kappa shape index (κ3) is 6.07. The Balaban J connectivity index is 2.67. The van der Waals surface area contributed by atoms with Gasteiger partial charge in [-0.05, 0) is 18.2 Å². The summed E-state index contributed by atoms with van der Waals surface area (Å²) in [6, 6.07) is 4.19. The van der Waals surface area contributed by atoms with Gasteiger partial charge in [0, 0.05) is 12.7 Å². The average Bonchev–Trinajstić information content (AvgIpc) is 2.37. The van der Waals surface area contributed by atoms with E-state index in [1.54, 1.807) is 0 Å². The van der Waals surface area contributed by atoms with E-state index in [9.17, 15) is 22.8 Å². The van der Waals surface area contributed by atoms with Gasteiger partial charge in [0.25, 0.3) is 0 Å². The minimum absolute atomic E-state index is 0.00360. The first kappa shape index (κ1) is 17.4. The Kier molecular flexibility index (Phi) is 6.07. The first-order chi connectivity index (χ1) is 9.70. The number of carboxylic acid groups (broad SMARTS) is 1. The van der Waals surface area contributed by atoms with Crippen molar-refractivity contribution in [3.05, 3.63) is 29.8 Å². The normalized spacial score (nSPS) is 12.8. The SMILES string of the molecule is CC(=O)SCC(COc1cccc(C(F)(F)F)c1)C(=O)O. The highest BCUT2D eigenvalue weighted by Crippen LogP contribution is 2.31. The fourth-order valence-corrected chi connectivity index (χ4v) is 2.04. The van der Waals surface area contributed by atoms with Gasteiger partial charge in [-0.15, -0.1) is 0 Å². The molecule has 1 rings (SSSR count). The van der Waals surface area contributed by atoms with E-state index in [-0.39, 0.29) is 23.2 Å². The zero-order chi connectivity index (χ0) is 16.0. The second-order valence-electron chi connectivity index (χ2n) is 4.17. The van der Waals surface area contributed by atoms with E-state index in [2.05, 4.69) is 0 Å². The van der Waals surface area contributed by atoms with E-state index in [0.717, 1.165) is 23.9 Å². The molecule has 8 heteroatoms. The Hall–Kier alpha value is -1.70. The van der Waals surface area contributed by atoms with Gasteiger partial charge in [-0.2, -0.15) is 13.2 Å². The Morgan fingerprint density at radius 3 is 2.57 bits per heavy atom. The number of alkyl halides is 3. The molecule has 1 atom stereocenters. The molecule has 0 bridgehead atoms. The summed E-state index contributed by atoms with van der Waals surface area (Å²) in [5, 5.41) is 8.73. The number of carboxylic acids is 1. The van der Waals surface area contributed by atoms with Crippen LogP contribution < -0.4 is 4.74 Å². The molecular weight excluding hydrogens is 309 g/mol. The third-order valence-electron chi connectivity index (χ3n) is 2.45. The first-order valence-corrected chi connectivity index (χ1v) is 6.85. The summed E-state index contributed by atoms with van der Waals surface area (Å²) in [6.07, 6.45) is -4.49. The maximum absolute atomic E-state index is 12.5. The first-order valence-electron chi connectivity index (χ1n) is 5.86. The summed E-state index contributed by atoms with van der Waals surface area (Å²) in [7, 11) is 0. The van der Waals surface area contributed by atoms with Crippen LogP contribution in [-0.2, 0) is 15.8 Å². The molecule has 0 aliphatic rings. The average molecular weight is 322 g/mol. The van der Waals surface area contributed by atoms with Crippen LogP contribution in [0.1, 0.15) is 12.5 Å². The van der Waals surface area contributed by atoms with Crippen molar-refractivity contribution in [2.45, 2.75) is 13.1 Å². The van der Waals surface area contributed by atoms with Crippen molar-refractivity contribution in [3.8, 4) is 5.75 Å². The van der Waals surface area contributed by atoms with Crippen LogP contribution in [0.2, 0.25) is 0 Å². The number of hydrogen-bond donors (Lipinski definition) is 1. The Bertz CT molecular complexity index is 516. The van der Waals surface area contributed by atoms with Gasteiger partial charge in [-0.1, -0.05) is 17.8 Å². The summed E-state index contributed by atoms with van der Waals surface area (Å²) >= 11 is 0.831. The summed E-state index contributed by atoms with van der Waals surface area (Å²) in [4.78, 5) is 21.8. The van der Waals surface area contributed by atoms with Gasteiger partial charge in [0.2, 0.25) is 0 Å². The van der Waals surface area contributed by atoms with E-state index < -0.39 is 23.6 Å². The van der Waals surface area contributed by atoms with Crippen molar-refractivity contribution < 1.29 is 32.6 Å². The van der Waals surface area contributed by atoms with Crippen LogP contribution in [0.3, 0.4) is 0 Å². The Labute approximate surface area is 123 Å². The second kappa shape index (κ2) is 7.35. The van der Waals surface area contributed by atoms with E-state index >= 15 is 0 Å². The number of ether oxygens (including phenoxy) is 1. The molecule has 1 aromatic rings. The third-order valence-corrected chi connectivity index (χ3v) is 3.43. The number of carbonyl (C=O) groups is 2. The van der Waals surface area contributed by atoms with E-state index in [0.29, 0.717) is 0 Å². The van der Waals surface area contributed by atoms with Gasteiger partial charge in [-0.3, -0.25) is 9.59 Å². The molecule has 0 saturated carbocycles. The van der Waals surface area contributed by atoms with Crippen molar-refractivity contribution in [2.75, 3.05) is 12.4 Å². The molecule has 0 amide bonds. The molecule has 4 nitrogen and oxygen atoms in total. The van der Waals surface area contributed by atoms with Crippen molar-refractivity contribution in [1.29, 1.82) is 0 Å². The molecule has 0 aliphatic heterocycles. The molecule has 0 radical (unpaired) electrons. The number of rotatable bonds is 6. The van der Waals surface area contributed by atoms with Crippen molar-refractivity contribution >= 4 is 22.8 Å². The van der Waals surface area contributed by atoms with Gasteiger partial charge in [0.1, 0.15) is 18.3 Å². The van der Waals surface area contributed by atoms with Crippen LogP contribution in [0.5, 0.6) is 5.75 Å². The molecule has 0 saturated heterocycles. The quantitative estimate of drug-likeness (QED) is 0.872. The molecule has 0 heterocycles. The molecule has 0 fully saturated rings. The largest absolute Gasteiger partial charge is 0.493 e. The predicted molar refractivity (Wildman–Crippen MR) is 71.2 cm³/mol. The van der Waals surface area contributed by atoms with Crippen molar-refractivity contribution in [2.24, 2.45) is 5.92 Å². The van der Waals surface area contributed by atoms with Crippen LogP contribution >= 0.6 is 11.8 Å². The molecule has 21 heavy (non-hydrogen) atoms. The number of thioether (sulfide) groups is 1. The van der Waals surface area contributed by atoms with Gasteiger partial charge in [-0.25, -0.2) is 0 Å². The maximum atomic E-state index is 12.5. The lowest BCUT2D eigenvalue weighted by Crippen LogP contribution is -2.24. The molecule has 0 spiro atoms. The lowest BCUT2D eigenvalue weighted by atomic mass is 10.2. The second-order valence-corrected chi connectivity index (χ2v) is 5.37. The summed E-state index contributed by atoms with van der Waals surface area (Å²) in [5.74, 6) is -2.21. The van der Waals surface area contributed by atoms with Crippen LogP contribution in [0.25, 0.3) is 0 Å². The van der Waals surface area contributed by atoms with Crippen LogP contribution in [0.4, 0.5) is 13.2 Å². The topological polar surface area (TPSA) is 63.6 Å². The summed E-state index contributed by atoms with van der Waals surface area (Å²) in [6.45, 7) is 0.994. The molecule has 0 aromatic heterocycles. The smallest absolute Gasteiger partial charge is 0.416 e. The van der Waals surface area contributed by atoms with E-state index in [1.165, 1.54) is 19.1 Å². The number of halogens is 3. The number of aliphatic carboxylic acids is 1. The van der Waals surface area contributed by atoms with E-state index in [1.807, 2.05) is 0 Å². The minimum Gasteiger partial charge on any atom is -0.493 e. The number of carbonyl (C=O) groups excluding carboxylic acids is 1. The summed E-state index contributed by atoms with van der Waals surface area (Å²) in [5.41, 5.74) is -0.870. The standard InChI is InChI=1S/C13H13F3O4S/c1-8(17)21-7-9(12(18)19)6-20-11-4-2-3-10(5-11)13(14,15)16/h2-5,9H,6-7H2,1H3,(H,18,19). The molecule has 0 aliphatic carbocycles. The molecular formula is C13H13F3O4S. The minimum atomic E-state index is -4.49. The molecule has 116 valence electrons. The number of hydrogen-bond acceptors (Lipinski definition) is 4. The Morgan fingerprint density at radius 1 is 1.38 bits per heavy atom. The highest BCUT2D eigenvalue weighted by atomic mass is 32.2. The van der Waals surface area contributed by atoms with Gasteiger partial charge in [0.05, 0.1) is 5.56 Å². The fourth-order valence-electron chi connectivity index (χ4n) is 1.37. The highest BCUT2D eigenvalue weighted by molar-refractivity contribution is 8.13. The maximum Gasteiger partial charge on any atom is 0.416 e. The van der Waals surface area contributed by atoms with Crippen molar-refractivity contribution in [1.82, 2.24) is 0 Å². The van der Waals surface area contributed by atoms with Gasteiger partial charge < -0.3 is 9.84 Å². The molecule has 1 N–H and O–H groups in total. The Morgan fingerprint density at radius 2 is 2.05 bits per heavy atom.